The molecule has 0 bridgehead atoms. The predicted molar refractivity (Wildman–Crippen MR) is 59.4 cm³/mol. The Labute approximate surface area is 91.8 Å². The molecule has 0 radical (unpaired) electrons. The van der Waals surface area contributed by atoms with Crippen LogP contribution in [0, 0.1) is 11.8 Å². The number of nitrogens with two attached hydrogens (primary N) is 1. The summed E-state index contributed by atoms with van der Waals surface area (Å²) in [5.41, 5.74) is 4.99. The Morgan fingerprint density at radius 2 is 2.20 bits per heavy atom. The third kappa shape index (κ3) is 3.47. The van der Waals surface area contributed by atoms with Crippen molar-refractivity contribution < 1.29 is 9.53 Å². The van der Waals surface area contributed by atoms with Crippen LogP contribution in [0.25, 0.3) is 0 Å². The first kappa shape index (κ1) is 12.5. The second-order valence-corrected chi connectivity index (χ2v) is 5.08. The molecular weight excluding hydrogens is 192 g/mol. The van der Waals surface area contributed by atoms with Crippen LogP contribution in [0.15, 0.2) is 0 Å². The first-order valence-electron chi connectivity index (χ1n) is 5.42. The topological polar surface area (TPSA) is 55.6 Å². The van der Waals surface area contributed by atoms with Gasteiger partial charge in [-0.1, -0.05) is 6.92 Å². The summed E-state index contributed by atoms with van der Waals surface area (Å²) >= 11 is 0. The molecule has 0 aliphatic heterocycles. The molecule has 4 heteroatoms. The van der Waals surface area contributed by atoms with Crippen molar-refractivity contribution in [3.05, 3.63) is 0 Å². The highest BCUT2D eigenvalue weighted by Gasteiger charge is 2.36. The number of nitrogens with zero attached hydrogens (tertiary/aromatic N) is 1. The number of hydrogen-bond donors (Lipinski definition) is 1. The normalized spacial score (nSPS) is 28.7. The number of esters is 1. The highest BCUT2D eigenvalue weighted by molar-refractivity contribution is 5.80. The summed E-state index contributed by atoms with van der Waals surface area (Å²) in [6, 6.07) is 0. The van der Waals surface area contributed by atoms with Crippen LogP contribution >= 0.6 is 0 Å². The lowest BCUT2D eigenvalue weighted by Crippen LogP contribution is -2.53. The summed E-state index contributed by atoms with van der Waals surface area (Å²) in [6.07, 6.45) is 1.30. The van der Waals surface area contributed by atoms with Crippen LogP contribution in [0.2, 0.25) is 0 Å². The van der Waals surface area contributed by atoms with Gasteiger partial charge in [-0.15, -0.1) is 0 Å². The third-order valence-corrected chi connectivity index (χ3v) is 3.07. The van der Waals surface area contributed by atoms with E-state index in [1.165, 1.54) is 13.5 Å². The number of hydrogen-bond acceptors (Lipinski definition) is 4. The molecular formula is C11H22N2O2. The molecule has 0 saturated heterocycles. The number of rotatable bonds is 5. The van der Waals surface area contributed by atoms with E-state index in [-0.39, 0.29) is 5.97 Å². The van der Waals surface area contributed by atoms with Gasteiger partial charge in [0.15, 0.2) is 0 Å². The molecule has 0 amide bonds. The minimum atomic E-state index is -0.901. The summed E-state index contributed by atoms with van der Waals surface area (Å²) in [4.78, 5) is 13.5. The third-order valence-electron chi connectivity index (χ3n) is 3.07. The summed E-state index contributed by atoms with van der Waals surface area (Å²) in [7, 11) is 3.37. The first-order valence-corrected chi connectivity index (χ1v) is 5.42. The van der Waals surface area contributed by atoms with E-state index >= 15 is 0 Å². The molecule has 2 N–H and O–H groups in total. The van der Waals surface area contributed by atoms with Crippen LogP contribution < -0.4 is 5.73 Å². The van der Waals surface area contributed by atoms with Crippen LogP contribution in [0.3, 0.4) is 0 Å². The number of likely N-dealkylation sites (N-methyl/N-ethyl adjacent to an activating group) is 1. The quantitative estimate of drug-likeness (QED) is 0.676. The van der Waals surface area contributed by atoms with Crippen LogP contribution in [-0.4, -0.2) is 43.7 Å². The Morgan fingerprint density at radius 3 is 2.60 bits per heavy atom. The van der Waals surface area contributed by atoms with E-state index in [9.17, 15) is 4.79 Å². The van der Waals surface area contributed by atoms with Crippen molar-refractivity contribution in [2.75, 3.05) is 27.2 Å². The van der Waals surface area contributed by atoms with Crippen LogP contribution in [0.1, 0.15) is 20.3 Å². The Balaban J connectivity index is 2.35. The molecule has 0 spiro atoms. The van der Waals surface area contributed by atoms with Crippen molar-refractivity contribution in [1.82, 2.24) is 4.90 Å². The summed E-state index contributed by atoms with van der Waals surface area (Å²) in [5, 5.41) is 0. The van der Waals surface area contributed by atoms with Crippen molar-refractivity contribution in [1.29, 1.82) is 0 Å². The molecule has 0 heterocycles. The van der Waals surface area contributed by atoms with Gasteiger partial charge in [-0.2, -0.15) is 0 Å². The molecule has 1 fully saturated rings. The average Bonchev–Trinajstić information content (AvgIpc) is 2.78. The molecule has 1 aliphatic carbocycles. The van der Waals surface area contributed by atoms with E-state index in [1.807, 2.05) is 7.05 Å². The monoisotopic (exact) mass is 214 g/mol. The molecule has 1 rings (SSSR count). The SMILES string of the molecule is COC(=O)C(C)(N)CN(C)CC1CC1C. The Hall–Kier alpha value is -0.610. The molecule has 15 heavy (non-hydrogen) atoms. The molecule has 88 valence electrons. The van der Waals surface area contributed by atoms with E-state index in [1.54, 1.807) is 6.92 Å². The van der Waals surface area contributed by atoms with Gasteiger partial charge in [0, 0.05) is 13.1 Å². The summed E-state index contributed by atoms with van der Waals surface area (Å²) in [5.74, 6) is 1.26. The van der Waals surface area contributed by atoms with E-state index in [0.717, 1.165) is 18.4 Å². The smallest absolute Gasteiger partial charge is 0.326 e. The standard InChI is InChI=1S/C11H22N2O2/c1-8-5-9(8)6-13(3)7-11(2,12)10(14)15-4/h8-9H,5-7,12H2,1-4H3. The molecule has 1 saturated carbocycles. The molecule has 1 aliphatic rings. The molecule has 0 aromatic carbocycles. The second-order valence-electron chi connectivity index (χ2n) is 5.08. The zero-order valence-electron chi connectivity index (χ0n) is 10.1. The predicted octanol–water partition coefficient (Wildman–Crippen LogP) is 0.465. The van der Waals surface area contributed by atoms with Crippen LogP contribution in [0.5, 0.6) is 0 Å². The fourth-order valence-corrected chi connectivity index (χ4v) is 1.98. The fraction of sp³-hybridized carbons (Fsp3) is 0.909. The van der Waals surface area contributed by atoms with Gasteiger partial charge in [-0.25, -0.2) is 0 Å². The van der Waals surface area contributed by atoms with Gasteiger partial charge in [-0.3, -0.25) is 4.79 Å². The number of ether oxygens (including phenoxy) is 1. The van der Waals surface area contributed by atoms with Gasteiger partial charge in [0.05, 0.1) is 7.11 Å². The van der Waals surface area contributed by atoms with E-state index < -0.39 is 5.54 Å². The maximum absolute atomic E-state index is 11.4. The Bertz CT molecular complexity index is 241. The number of carbonyl (C=O) groups is 1. The van der Waals surface area contributed by atoms with Gasteiger partial charge < -0.3 is 15.4 Å². The minimum absolute atomic E-state index is 0.349. The van der Waals surface area contributed by atoms with Gasteiger partial charge in [0.1, 0.15) is 5.54 Å². The van der Waals surface area contributed by atoms with Crippen molar-refractivity contribution in [2.24, 2.45) is 17.6 Å². The van der Waals surface area contributed by atoms with Gasteiger partial charge >= 0.3 is 5.97 Å². The zero-order chi connectivity index (χ0) is 11.6. The highest BCUT2D eigenvalue weighted by atomic mass is 16.5. The van der Waals surface area contributed by atoms with E-state index in [4.69, 9.17) is 5.73 Å². The van der Waals surface area contributed by atoms with Gasteiger partial charge in [0.2, 0.25) is 0 Å². The van der Waals surface area contributed by atoms with Crippen molar-refractivity contribution in [3.8, 4) is 0 Å². The summed E-state index contributed by atoms with van der Waals surface area (Å²) in [6.45, 7) is 5.53. The second kappa shape index (κ2) is 4.49. The average molecular weight is 214 g/mol. The summed E-state index contributed by atoms with van der Waals surface area (Å²) < 4.78 is 4.67. The van der Waals surface area contributed by atoms with Crippen molar-refractivity contribution in [3.63, 3.8) is 0 Å². The van der Waals surface area contributed by atoms with Gasteiger partial charge in [-0.05, 0) is 32.2 Å². The van der Waals surface area contributed by atoms with Crippen molar-refractivity contribution in [2.45, 2.75) is 25.8 Å². The Morgan fingerprint density at radius 1 is 1.67 bits per heavy atom. The minimum Gasteiger partial charge on any atom is -0.468 e. The van der Waals surface area contributed by atoms with Crippen LogP contribution in [-0.2, 0) is 9.53 Å². The first-order chi connectivity index (χ1) is 6.86. The number of carbonyl (C=O) groups excluding carboxylic acids is 1. The lowest BCUT2D eigenvalue weighted by molar-refractivity contribution is -0.147. The maximum Gasteiger partial charge on any atom is 0.326 e. The molecule has 0 aromatic rings. The van der Waals surface area contributed by atoms with Gasteiger partial charge in [0.25, 0.3) is 0 Å². The Kier molecular flexibility index (Phi) is 3.73. The van der Waals surface area contributed by atoms with Crippen molar-refractivity contribution >= 4 is 5.97 Å². The fourth-order valence-electron chi connectivity index (χ4n) is 1.98. The zero-order valence-corrected chi connectivity index (χ0v) is 10.1. The molecule has 0 aromatic heterocycles. The highest BCUT2D eigenvalue weighted by Crippen LogP contribution is 2.38. The lowest BCUT2D eigenvalue weighted by atomic mass is 10.0. The van der Waals surface area contributed by atoms with Crippen LogP contribution in [0.4, 0.5) is 0 Å². The lowest BCUT2D eigenvalue weighted by Gasteiger charge is -2.27. The largest absolute Gasteiger partial charge is 0.468 e. The van der Waals surface area contributed by atoms with E-state index in [2.05, 4.69) is 16.6 Å². The maximum atomic E-state index is 11.4. The van der Waals surface area contributed by atoms with E-state index in [0.29, 0.717) is 6.54 Å². The number of methoxy groups -OCH3 is 1. The molecule has 4 nitrogen and oxygen atoms in total. The molecule has 3 unspecified atom stereocenters. The molecule has 3 atom stereocenters.